The molecule has 3 rings (SSSR count). The van der Waals surface area contributed by atoms with Gasteiger partial charge in [-0.3, -0.25) is 4.79 Å². The number of carboxylic acids is 1. The summed E-state index contributed by atoms with van der Waals surface area (Å²) in [5.41, 5.74) is 1.30. The van der Waals surface area contributed by atoms with Crippen molar-refractivity contribution < 1.29 is 29.3 Å². The number of aliphatic carboxylic acids is 1. The van der Waals surface area contributed by atoms with E-state index in [2.05, 4.69) is 22.8 Å². The highest BCUT2D eigenvalue weighted by atomic mass is 16.5. The summed E-state index contributed by atoms with van der Waals surface area (Å²) < 4.78 is 10.8. The average molecular weight is 380 g/mol. The van der Waals surface area contributed by atoms with E-state index in [9.17, 15) is 4.79 Å². The quantitative estimate of drug-likeness (QED) is 0.633. The molecular formula is C19H28N2O6. The maximum Gasteiger partial charge on any atom is 0.404 e. The van der Waals surface area contributed by atoms with Gasteiger partial charge in [0.15, 0.2) is 11.5 Å². The SMILES string of the molecule is CC(=O)O.COc1ccc([C@]23CCN[C@H]2C[C@H](NC(=O)O)CC3)cc1OC. The molecule has 4 N–H and O–H groups in total. The minimum Gasteiger partial charge on any atom is -0.493 e. The Morgan fingerprint density at radius 2 is 1.85 bits per heavy atom. The van der Waals surface area contributed by atoms with Crippen LogP contribution in [0.4, 0.5) is 4.79 Å². The zero-order valence-electron chi connectivity index (χ0n) is 15.9. The number of fused-ring (bicyclic) bond motifs is 1. The lowest BCUT2D eigenvalue weighted by atomic mass is 9.65. The third-order valence-electron chi connectivity index (χ3n) is 5.37. The average Bonchev–Trinajstić information content (AvgIpc) is 3.04. The second-order valence-electron chi connectivity index (χ2n) is 6.92. The maximum atomic E-state index is 10.9. The van der Waals surface area contributed by atoms with Crippen LogP contribution in [-0.2, 0) is 10.2 Å². The third kappa shape index (κ3) is 4.82. The van der Waals surface area contributed by atoms with Crippen molar-refractivity contribution in [3.63, 3.8) is 0 Å². The molecule has 8 heteroatoms. The van der Waals surface area contributed by atoms with E-state index in [4.69, 9.17) is 24.5 Å². The van der Waals surface area contributed by atoms with E-state index in [1.165, 1.54) is 5.56 Å². The Labute approximate surface area is 158 Å². The van der Waals surface area contributed by atoms with E-state index in [-0.39, 0.29) is 17.5 Å². The smallest absolute Gasteiger partial charge is 0.404 e. The van der Waals surface area contributed by atoms with Crippen molar-refractivity contribution in [2.45, 2.75) is 50.1 Å². The second-order valence-corrected chi connectivity index (χ2v) is 6.92. The van der Waals surface area contributed by atoms with Gasteiger partial charge in [-0.2, -0.15) is 0 Å². The monoisotopic (exact) mass is 380 g/mol. The molecule has 1 amide bonds. The van der Waals surface area contributed by atoms with Crippen LogP contribution in [-0.4, -0.2) is 55.1 Å². The lowest BCUT2D eigenvalue weighted by Gasteiger charge is -2.42. The molecule has 2 fully saturated rings. The van der Waals surface area contributed by atoms with Gasteiger partial charge in [0.2, 0.25) is 0 Å². The summed E-state index contributed by atoms with van der Waals surface area (Å²) in [4.78, 5) is 19.9. The van der Waals surface area contributed by atoms with Gasteiger partial charge in [-0.1, -0.05) is 6.07 Å². The van der Waals surface area contributed by atoms with Gasteiger partial charge in [0.1, 0.15) is 0 Å². The van der Waals surface area contributed by atoms with Gasteiger partial charge in [-0.05, 0) is 49.9 Å². The Hall–Kier alpha value is -2.48. The maximum absolute atomic E-state index is 10.9. The highest BCUT2D eigenvalue weighted by Gasteiger charge is 2.48. The molecule has 0 bridgehead atoms. The predicted molar refractivity (Wildman–Crippen MR) is 99.7 cm³/mol. The van der Waals surface area contributed by atoms with Crippen molar-refractivity contribution in [2.75, 3.05) is 20.8 Å². The predicted octanol–water partition coefficient (Wildman–Crippen LogP) is 2.21. The molecule has 1 saturated heterocycles. The van der Waals surface area contributed by atoms with Gasteiger partial charge >= 0.3 is 6.09 Å². The fourth-order valence-corrected chi connectivity index (χ4v) is 4.22. The van der Waals surface area contributed by atoms with Crippen molar-refractivity contribution in [2.24, 2.45) is 0 Å². The van der Waals surface area contributed by atoms with Crippen molar-refractivity contribution in [1.29, 1.82) is 0 Å². The summed E-state index contributed by atoms with van der Waals surface area (Å²) in [5.74, 6) is 0.646. The van der Waals surface area contributed by atoms with Crippen molar-refractivity contribution >= 4 is 12.1 Å². The number of nitrogens with one attached hydrogen (secondary N) is 2. The topological polar surface area (TPSA) is 117 Å². The first-order valence-electron chi connectivity index (χ1n) is 8.97. The number of hydrogen-bond acceptors (Lipinski definition) is 5. The Morgan fingerprint density at radius 3 is 2.44 bits per heavy atom. The number of amides is 1. The van der Waals surface area contributed by atoms with Crippen molar-refractivity contribution in [1.82, 2.24) is 10.6 Å². The van der Waals surface area contributed by atoms with E-state index < -0.39 is 12.1 Å². The standard InChI is InChI=1S/C17H24N2O4.C2H4O2/c1-22-13-4-3-11(9-14(13)23-2)17-6-5-12(19-16(20)21)10-15(17)18-8-7-17;1-2(3)4/h3-4,9,12,15,18-19H,5-8,10H2,1-2H3,(H,20,21);1H3,(H,3,4)/t12-,15+,17+;/m1./s1. The molecule has 8 nitrogen and oxygen atoms in total. The summed E-state index contributed by atoms with van der Waals surface area (Å²) >= 11 is 0. The number of carboxylic acid groups (broad SMARTS) is 2. The van der Waals surface area contributed by atoms with Crippen LogP contribution in [0.25, 0.3) is 0 Å². The van der Waals surface area contributed by atoms with E-state index in [1.807, 2.05) is 6.07 Å². The highest BCUT2D eigenvalue weighted by Crippen LogP contribution is 2.47. The third-order valence-corrected chi connectivity index (χ3v) is 5.37. The number of hydrogen-bond donors (Lipinski definition) is 4. The van der Waals surface area contributed by atoms with Crippen molar-refractivity contribution in [3.8, 4) is 11.5 Å². The highest BCUT2D eigenvalue weighted by molar-refractivity contribution is 5.65. The summed E-state index contributed by atoms with van der Waals surface area (Å²) in [6.07, 6.45) is 2.77. The molecule has 1 aliphatic heterocycles. The molecule has 150 valence electrons. The lowest BCUT2D eigenvalue weighted by Crippen LogP contribution is -2.51. The van der Waals surface area contributed by atoms with Gasteiger partial charge < -0.3 is 30.3 Å². The summed E-state index contributed by atoms with van der Waals surface area (Å²) in [6, 6.07) is 6.46. The van der Waals surface area contributed by atoms with Gasteiger partial charge in [-0.15, -0.1) is 0 Å². The van der Waals surface area contributed by atoms with Crippen LogP contribution in [0, 0.1) is 0 Å². The Morgan fingerprint density at radius 1 is 1.19 bits per heavy atom. The van der Waals surface area contributed by atoms with Crippen LogP contribution in [0.15, 0.2) is 18.2 Å². The Balaban J connectivity index is 0.000000596. The zero-order valence-corrected chi connectivity index (χ0v) is 15.9. The molecule has 3 atom stereocenters. The van der Waals surface area contributed by atoms with Crippen molar-refractivity contribution in [3.05, 3.63) is 23.8 Å². The first-order chi connectivity index (χ1) is 12.8. The second kappa shape index (κ2) is 8.94. The van der Waals surface area contributed by atoms with Crippen LogP contribution in [0.2, 0.25) is 0 Å². The van der Waals surface area contributed by atoms with Gasteiger partial charge in [0.25, 0.3) is 5.97 Å². The van der Waals surface area contributed by atoms with Crippen LogP contribution in [0.3, 0.4) is 0 Å². The van der Waals surface area contributed by atoms with E-state index >= 15 is 0 Å². The summed E-state index contributed by atoms with van der Waals surface area (Å²) in [5, 5.41) is 22.6. The molecule has 1 saturated carbocycles. The fraction of sp³-hybridized carbons (Fsp3) is 0.579. The molecular weight excluding hydrogens is 352 g/mol. The minimum absolute atomic E-state index is 0.0244. The number of benzene rings is 1. The van der Waals surface area contributed by atoms with Crippen LogP contribution >= 0.6 is 0 Å². The molecule has 1 aromatic rings. The molecule has 1 heterocycles. The van der Waals surface area contributed by atoms with Gasteiger partial charge in [-0.25, -0.2) is 4.79 Å². The van der Waals surface area contributed by atoms with Gasteiger partial charge in [0, 0.05) is 24.4 Å². The largest absolute Gasteiger partial charge is 0.493 e. The van der Waals surface area contributed by atoms with Crippen LogP contribution < -0.4 is 20.1 Å². The molecule has 0 radical (unpaired) electrons. The first-order valence-corrected chi connectivity index (χ1v) is 8.97. The summed E-state index contributed by atoms with van der Waals surface area (Å²) in [7, 11) is 3.29. The molecule has 0 aromatic heterocycles. The number of carbonyl (C=O) groups is 2. The number of ether oxygens (including phenoxy) is 2. The zero-order chi connectivity index (χ0) is 20.0. The fourth-order valence-electron chi connectivity index (χ4n) is 4.22. The first kappa shape index (κ1) is 20.8. The Kier molecular flexibility index (Phi) is 6.90. The van der Waals surface area contributed by atoms with E-state index in [1.54, 1.807) is 14.2 Å². The van der Waals surface area contributed by atoms with Crippen LogP contribution in [0.1, 0.15) is 38.2 Å². The molecule has 1 aromatic carbocycles. The number of rotatable bonds is 4. The number of methoxy groups -OCH3 is 2. The molecule has 27 heavy (non-hydrogen) atoms. The van der Waals surface area contributed by atoms with Crippen LogP contribution in [0.5, 0.6) is 11.5 Å². The normalized spacial score (nSPS) is 26.2. The van der Waals surface area contributed by atoms with E-state index in [0.29, 0.717) is 0 Å². The Bertz CT molecular complexity index is 676. The van der Waals surface area contributed by atoms with E-state index in [0.717, 1.165) is 50.7 Å². The lowest BCUT2D eigenvalue weighted by molar-refractivity contribution is -0.134. The molecule has 0 unspecified atom stereocenters. The molecule has 1 aliphatic carbocycles. The molecule has 0 spiro atoms. The van der Waals surface area contributed by atoms with Gasteiger partial charge in [0.05, 0.1) is 14.2 Å². The molecule has 2 aliphatic rings. The minimum atomic E-state index is -0.938. The summed E-state index contributed by atoms with van der Waals surface area (Å²) in [6.45, 7) is 2.04.